The summed E-state index contributed by atoms with van der Waals surface area (Å²) < 4.78 is 0. The van der Waals surface area contributed by atoms with Crippen LogP contribution in [0.25, 0.3) is 0 Å². The third-order valence-corrected chi connectivity index (χ3v) is 3.47. The van der Waals surface area contributed by atoms with Crippen LogP contribution in [0.3, 0.4) is 0 Å². The fourth-order valence-corrected chi connectivity index (χ4v) is 2.27. The minimum Gasteiger partial charge on any atom is -0.479 e. The van der Waals surface area contributed by atoms with Gasteiger partial charge in [0.05, 0.1) is 5.56 Å². The van der Waals surface area contributed by atoms with Crippen LogP contribution in [0.4, 0.5) is 29.0 Å². The van der Waals surface area contributed by atoms with Crippen molar-refractivity contribution in [1.82, 2.24) is 15.0 Å². The second-order valence-electron chi connectivity index (χ2n) is 5.67. The Hall–Kier alpha value is -4.21. The summed E-state index contributed by atoms with van der Waals surface area (Å²) in [5.74, 6) is -1.02. The Morgan fingerprint density at radius 1 is 0.786 bits per heavy atom. The Balaban J connectivity index is 1.73. The number of nitrogens with zero attached hydrogens (tertiary/aromatic N) is 3. The first kappa shape index (κ1) is 18.6. The molecule has 3 aromatic rings. The first-order chi connectivity index (χ1) is 13.4. The van der Waals surface area contributed by atoms with E-state index in [2.05, 4.69) is 30.9 Å². The van der Waals surface area contributed by atoms with Crippen LogP contribution in [-0.2, 0) is 4.79 Å². The molecule has 0 fully saturated rings. The number of aromatic hydroxyl groups is 1. The fourth-order valence-electron chi connectivity index (χ4n) is 2.27. The molecule has 3 rings (SSSR count). The lowest BCUT2D eigenvalue weighted by Gasteiger charge is -2.09. The molecule has 0 aliphatic rings. The van der Waals surface area contributed by atoms with Crippen LogP contribution in [0.2, 0.25) is 0 Å². The number of hydrogen-bond acceptors (Lipinski definition) is 8. The topological polar surface area (TPSA) is 149 Å². The first-order valence-electron chi connectivity index (χ1n) is 8.09. The molecule has 5 N–H and O–H groups in total. The molecule has 10 nitrogen and oxygen atoms in total. The van der Waals surface area contributed by atoms with E-state index >= 15 is 0 Å². The van der Waals surface area contributed by atoms with Crippen molar-refractivity contribution < 1.29 is 19.8 Å². The van der Waals surface area contributed by atoms with Crippen LogP contribution in [0, 0.1) is 0 Å². The summed E-state index contributed by atoms with van der Waals surface area (Å²) in [6, 6.07) is 12.3. The Kier molecular flexibility index (Phi) is 5.30. The molecule has 0 spiro atoms. The second kappa shape index (κ2) is 7.99. The zero-order valence-electron chi connectivity index (χ0n) is 14.7. The number of benzene rings is 2. The van der Waals surface area contributed by atoms with Gasteiger partial charge in [-0.25, -0.2) is 4.79 Å². The van der Waals surface area contributed by atoms with Crippen LogP contribution < -0.4 is 16.0 Å². The number of carbonyl (C=O) groups excluding carboxylic acids is 1. The number of anilines is 5. The Labute approximate surface area is 159 Å². The molecule has 0 radical (unpaired) electrons. The summed E-state index contributed by atoms with van der Waals surface area (Å²) >= 11 is 0. The van der Waals surface area contributed by atoms with Gasteiger partial charge in [-0.1, -0.05) is 0 Å². The average Bonchev–Trinajstić information content (AvgIpc) is 2.63. The molecule has 142 valence electrons. The number of carboxylic acid groups (broad SMARTS) is 1. The molecule has 0 aliphatic carbocycles. The first-order valence-corrected chi connectivity index (χ1v) is 8.09. The van der Waals surface area contributed by atoms with Crippen LogP contribution in [0.1, 0.15) is 17.3 Å². The predicted octanol–water partition coefficient (Wildman–Crippen LogP) is 2.72. The highest BCUT2D eigenvalue weighted by Gasteiger charge is 2.08. The number of aromatic nitrogens is 3. The molecule has 0 atom stereocenters. The number of rotatable bonds is 6. The van der Waals surface area contributed by atoms with E-state index in [4.69, 9.17) is 5.11 Å². The maximum atomic E-state index is 11.0. The van der Waals surface area contributed by atoms with Crippen molar-refractivity contribution in [2.75, 3.05) is 16.0 Å². The van der Waals surface area contributed by atoms with Gasteiger partial charge in [-0.05, 0) is 48.5 Å². The van der Waals surface area contributed by atoms with Crippen molar-refractivity contribution in [1.29, 1.82) is 0 Å². The van der Waals surface area contributed by atoms with Crippen molar-refractivity contribution in [2.24, 2.45) is 0 Å². The van der Waals surface area contributed by atoms with Crippen molar-refractivity contribution in [3.63, 3.8) is 0 Å². The Morgan fingerprint density at radius 3 is 1.71 bits per heavy atom. The van der Waals surface area contributed by atoms with Gasteiger partial charge in [0.15, 0.2) is 0 Å². The van der Waals surface area contributed by atoms with Crippen molar-refractivity contribution >= 4 is 40.8 Å². The molecule has 28 heavy (non-hydrogen) atoms. The van der Waals surface area contributed by atoms with Gasteiger partial charge in [0.25, 0.3) is 0 Å². The number of carbonyl (C=O) groups is 2. The van der Waals surface area contributed by atoms with E-state index in [0.29, 0.717) is 17.1 Å². The minimum absolute atomic E-state index is 0.0768. The van der Waals surface area contributed by atoms with E-state index in [1.54, 1.807) is 36.4 Å². The van der Waals surface area contributed by atoms with Crippen molar-refractivity contribution in [3.05, 3.63) is 54.1 Å². The van der Waals surface area contributed by atoms with Gasteiger partial charge in [-0.15, -0.1) is 0 Å². The van der Waals surface area contributed by atoms with Gasteiger partial charge in [0, 0.05) is 24.0 Å². The highest BCUT2D eigenvalue weighted by Crippen LogP contribution is 2.20. The lowest BCUT2D eigenvalue weighted by atomic mass is 10.2. The normalized spacial score (nSPS) is 10.2. The predicted molar refractivity (Wildman–Crippen MR) is 102 cm³/mol. The summed E-state index contributed by atoms with van der Waals surface area (Å²) in [4.78, 5) is 33.7. The monoisotopic (exact) mass is 380 g/mol. The van der Waals surface area contributed by atoms with Gasteiger partial charge in [-0.2, -0.15) is 15.0 Å². The zero-order valence-corrected chi connectivity index (χ0v) is 14.7. The molecule has 0 unspecified atom stereocenters. The molecule has 0 bridgehead atoms. The zero-order chi connectivity index (χ0) is 20.1. The molecular formula is C18H16N6O4. The maximum Gasteiger partial charge on any atom is 0.335 e. The average molecular weight is 380 g/mol. The largest absolute Gasteiger partial charge is 0.479 e. The highest BCUT2D eigenvalue weighted by molar-refractivity contribution is 5.89. The third kappa shape index (κ3) is 4.91. The molecule has 0 saturated heterocycles. The molecule has 2 aromatic carbocycles. The molecule has 0 saturated carbocycles. The number of aromatic carboxylic acids is 1. The number of hydrogen-bond donors (Lipinski definition) is 5. The highest BCUT2D eigenvalue weighted by atomic mass is 16.4. The summed E-state index contributed by atoms with van der Waals surface area (Å²) in [5, 5.41) is 27.1. The van der Waals surface area contributed by atoms with Crippen LogP contribution in [-0.4, -0.2) is 37.0 Å². The van der Waals surface area contributed by atoms with E-state index in [1.807, 2.05) is 0 Å². The maximum absolute atomic E-state index is 11.0. The summed E-state index contributed by atoms with van der Waals surface area (Å²) in [5.41, 5.74) is 1.97. The number of amides is 1. The quantitative estimate of drug-likeness (QED) is 0.435. The van der Waals surface area contributed by atoms with E-state index < -0.39 is 12.0 Å². The standard InChI is InChI=1S/C18H16N6O4/c1-10(25)19-12-6-8-14(9-7-12)21-17-22-16(23-18(28)24-17)20-13-4-2-11(3-5-13)15(26)27/h2-9H,1H3,(H,19,25)(H,26,27)(H3,20,21,22,23,24,28). The molecule has 1 heterocycles. The van der Waals surface area contributed by atoms with E-state index in [0.717, 1.165) is 0 Å². The smallest absolute Gasteiger partial charge is 0.335 e. The third-order valence-electron chi connectivity index (χ3n) is 3.47. The number of nitrogens with one attached hydrogen (secondary N) is 3. The van der Waals surface area contributed by atoms with Gasteiger partial charge in [0.2, 0.25) is 17.8 Å². The lowest BCUT2D eigenvalue weighted by molar-refractivity contribution is -0.114. The van der Waals surface area contributed by atoms with Gasteiger partial charge in [-0.3, -0.25) is 4.79 Å². The SMILES string of the molecule is CC(=O)Nc1ccc(Nc2nc(O)nc(Nc3ccc(C(=O)O)cc3)n2)cc1. The molecule has 1 aromatic heterocycles. The second-order valence-corrected chi connectivity index (χ2v) is 5.67. The molecule has 1 amide bonds. The van der Waals surface area contributed by atoms with Gasteiger partial charge < -0.3 is 26.2 Å². The van der Waals surface area contributed by atoms with Gasteiger partial charge >= 0.3 is 12.0 Å². The lowest BCUT2D eigenvalue weighted by Crippen LogP contribution is -2.06. The van der Waals surface area contributed by atoms with Crippen molar-refractivity contribution in [2.45, 2.75) is 6.92 Å². The van der Waals surface area contributed by atoms with Crippen molar-refractivity contribution in [3.8, 4) is 6.01 Å². The van der Waals surface area contributed by atoms with Crippen LogP contribution in [0.15, 0.2) is 48.5 Å². The molecule has 0 aliphatic heterocycles. The van der Waals surface area contributed by atoms with E-state index in [-0.39, 0.29) is 23.4 Å². The van der Waals surface area contributed by atoms with Crippen LogP contribution >= 0.6 is 0 Å². The molecular weight excluding hydrogens is 364 g/mol. The fraction of sp³-hybridized carbons (Fsp3) is 0.0556. The minimum atomic E-state index is -1.03. The van der Waals surface area contributed by atoms with E-state index in [1.165, 1.54) is 19.1 Å². The van der Waals surface area contributed by atoms with E-state index in [9.17, 15) is 14.7 Å². The Bertz CT molecular complexity index is 1010. The van der Waals surface area contributed by atoms with Gasteiger partial charge in [0.1, 0.15) is 0 Å². The Morgan fingerprint density at radius 2 is 1.25 bits per heavy atom. The molecule has 10 heteroatoms. The summed E-state index contributed by atoms with van der Waals surface area (Å²) in [6.07, 6.45) is 0. The number of carboxylic acids is 1. The van der Waals surface area contributed by atoms with Crippen LogP contribution in [0.5, 0.6) is 6.01 Å². The summed E-state index contributed by atoms with van der Waals surface area (Å²) in [7, 11) is 0. The summed E-state index contributed by atoms with van der Waals surface area (Å²) in [6.45, 7) is 1.42.